The van der Waals surface area contributed by atoms with Gasteiger partial charge in [0.05, 0.1) is 6.54 Å². The van der Waals surface area contributed by atoms with Gasteiger partial charge in [0.25, 0.3) is 0 Å². The van der Waals surface area contributed by atoms with E-state index < -0.39 is 0 Å². The number of isocyanates is 1. The van der Waals surface area contributed by atoms with Gasteiger partial charge < -0.3 is 0 Å². The van der Waals surface area contributed by atoms with Gasteiger partial charge in [0.2, 0.25) is 6.08 Å². The first-order valence-electron chi connectivity index (χ1n) is 19.1. The molecule has 0 aliphatic rings. The molecule has 0 atom stereocenters. The van der Waals surface area contributed by atoms with Gasteiger partial charge in [-0.1, -0.05) is 212 Å². The van der Waals surface area contributed by atoms with Crippen LogP contribution in [-0.4, -0.2) is 18.4 Å². The summed E-state index contributed by atoms with van der Waals surface area (Å²) in [6.07, 6.45) is 51.6. The minimum absolute atomic E-state index is 0.669. The van der Waals surface area contributed by atoms with Crippen molar-refractivity contribution >= 4 is 18.7 Å². The van der Waals surface area contributed by atoms with Crippen molar-refractivity contribution < 1.29 is 4.79 Å². The third kappa shape index (κ3) is 39.7. The minimum Gasteiger partial charge on any atom is -0.211 e. The molecule has 0 N–H and O–H groups in total. The van der Waals surface area contributed by atoms with Crippen LogP contribution in [0.2, 0.25) is 0 Å². The van der Waals surface area contributed by atoms with Gasteiger partial charge in [-0.15, -0.1) is 0 Å². The van der Waals surface area contributed by atoms with Crippen LogP contribution in [0.3, 0.4) is 0 Å². The molecule has 0 aliphatic heterocycles. The Morgan fingerprint density at radius 2 is 0.463 bits per heavy atom. The van der Waals surface area contributed by atoms with Crippen LogP contribution >= 0.6 is 12.6 Å². The van der Waals surface area contributed by atoms with Crippen LogP contribution in [0.4, 0.5) is 0 Å². The highest BCUT2D eigenvalue weighted by molar-refractivity contribution is 7.80. The van der Waals surface area contributed by atoms with Gasteiger partial charge in [-0.2, -0.15) is 12.6 Å². The van der Waals surface area contributed by atoms with E-state index in [0.717, 1.165) is 12.2 Å². The van der Waals surface area contributed by atoms with E-state index in [2.05, 4.69) is 17.6 Å². The monoisotopic (exact) mass is 594 g/mol. The fourth-order valence-electron chi connectivity index (χ4n) is 6.18. The van der Waals surface area contributed by atoms with E-state index >= 15 is 0 Å². The molecule has 0 amide bonds. The molecule has 0 aromatic rings. The van der Waals surface area contributed by atoms with Crippen LogP contribution in [-0.2, 0) is 4.79 Å². The molecule has 41 heavy (non-hydrogen) atoms. The van der Waals surface area contributed by atoms with Crippen LogP contribution in [0.1, 0.15) is 225 Å². The second kappa shape index (κ2) is 39.7. The second-order valence-corrected chi connectivity index (χ2v) is 13.5. The molecule has 0 unspecified atom stereocenters. The average molecular weight is 594 g/mol. The summed E-state index contributed by atoms with van der Waals surface area (Å²) in [5.41, 5.74) is 0. The standard InChI is InChI=1S/C38H75NOS/c40-38-39-36-34-32-30-28-26-24-22-20-18-16-14-12-10-8-6-4-2-1-3-5-7-9-11-13-15-17-19-21-23-25-27-29-31-33-35-37-41/h41H,1-37H2. The van der Waals surface area contributed by atoms with Crippen LogP contribution < -0.4 is 0 Å². The summed E-state index contributed by atoms with van der Waals surface area (Å²) in [7, 11) is 0. The Labute approximate surface area is 264 Å². The largest absolute Gasteiger partial charge is 0.234 e. The highest BCUT2D eigenvalue weighted by atomic mass is 32.1. The Balaban J connectivity index is 3.03. The van der Waals surface area contributed by atoms with Crippen molar-refractivity contribution in [1.82, 2.24) is 0 Å². The predicted octanol–water partition coefficient (Wildman–Crippen LogP) is 13.9. The van der Waals surface area contributed by atoms with Gasteiger partial charge in [0.1, 0.15) is 0 Å². The molecule has 3 heteroatoms. The lowest BCUT2D eigenvalue weighted by atomic mass is 10.0. The molecular formula is C38H75NOS. The number of hydrogen-bond acceptors (Lipinski definition) is 3. The summed E-state index contributed by atoms with van der Waals surface area (Å²) in [4.78, 5) is 13.6. The zero-order valence-electron chi connectivity index (χ0n) is 28.0. The van der Waals surface area contributed by atoms with Gasteiger partial charge in [0, 0.05) is 0 Å². The molecule has 0 saturated carbocycles. The Kier molecular flexibility index (Phi) is 39.5. The maximum atomic E-state index is 10.00. The van der Waals surface area contributed by atoms with Gasteiger partial charge in [0.15, 0.2) is 0 Å². The number of aliphatic imine (C=N–C) groups is 1. The maximum Gasteiger partial charge on any atom is 0.234 e. The van der Waals surface area contributed by atoms with E-state index in [1.54, 1.807) is 6.08 Å². The lowest BCUT2D eigenvalue weighted by Crippen LogP contribution is -1.85. The molecule has 0 fully saturated rings. The van der Waals surface area contributed by atoms with Crippen LogP contribution in [0.25, 0.3) is 0 Å². The van der Waals surface area contributed by atoms with Gasteiger partial charge >= 0.3 is 0 Å². The van der Waals surface area contributed by atoms with Crippen molar-refractivity contribution in [3.63, 3.8) is 0 Å². The Morgan fingerprint density at radius 1 is 0.293 bits per heavy atom. The van der Waals surface area contributed by atoms with Crippen molar-refractivity contribution in [2.45, 2.75) is 225 Å². The number of nitrogens with zero attached hydrogens (tertiary/aromatic N) is 1. The smallest absolute Gasteiger partial charge is 0.211 e. The summed E-state index contributed by atoms with van der Waals surface area (Å²) in [6, 6.07) is 0. The molecule has 0 saturated heterocycles. The fraction of sp³-hybridized carbons (Fsp3) is 0.974. The Morgan fingerprint density at radius 3 is 0.634 bits per heavy atom. The molecule has 0 aromatic heterocycles. The van der Waals surface area contributed by atoms with Crippen LogP contribution in [0.5, 0.6) is 0 Å². The number of thiol groups is 1. The highest BCUT2D eigenvalue weighted by Gasteiger charge is 1.97. The Bertz CT molecular complexity index is 505. The average Bonchev–Trinajstić information content (AvgIpc) is 2.98. The maximum absolute atomic E-state index is 10.00. The van der Waals surface area contributed by atoms with E-state index in [-0.39, 0.29) is 0 Å². The van der Waals surface area contributed by atoms with Gasteiger partial charge in [-0.3, -0.25) is 0 Å². The minimum atomic E-state index is 0.669. The van der Waals surface area contributed by atoms with Crippen molar-refractivity contribution in [2.75, 3.05) is 12.3 Å². The number of unbranched alkanes of at least 4 members (excludes halogenated alkanes) is 34. The summed E-state index contributed by atoms with van der Waals surface area (Å²) in [6.45, 7) is 0.669. The van der Waals surface area contributed by atoms with E-state index in [9.17, 15) is 4.79 Å². The molecule has 0 heterocycles. The molecule has 0 rings (SSSR count). The zero-order chi connectivity index (χ0) is 29.6. The third-order valence-corrected chi connectivity index (χ3v) is 9.31. The fourth-order valence-corrected chi connectivity index (χ4v) is 6.41. The lowest BCUT2D eigenvalue weighted by molar-refractivity contribution is 0.511. The molecule has 0 radical (unpaired) electrons. The zero-order valence-corrected chi connectivity index (χ0v) is 28.9. The molecule has 0 aromatic carbocycles. The quantitative estimate of drug-likeness (QED) is 0.0330. The number of carbonyl (C=O) groups excluding carboxylic acids is 1. The van der Waals surface area contributed by atoms with Crippen LogP contribution in [0, 0.1) is 0 Å². The second-order valence-electron chi connectivity index (χ2n) is 13.1. The predicted molar refractivity (Wildman–Crippen MR) is 188 cm³/mol. The summed E-state index contributed by atoms with van der Waals surface area (Å²) in [5, 5.41) is 0. The van der Waals surface area contributed by atoms with Crippen molar-refractivity contribution in [3.8, 4) is 0 Å². The normalized spacial score (nSPS) is 11.2. The molecule has 0 bridgehead atoms. The number of hydrogen-bond donors (Lipinski definition) is 1. The third-order valence-electron chi connectivity index (χ3n) is 8.99. The van der Waals surface area contributed by atoms with E-state index in [1.165, 1.54) is 218 Å². The lowest BCUT2D eigenvalue weighted by Gasteiger charge is -2.05. The van der Waals surface area contributed by atoms with Crippen molar-refractivity contribution in [3.05, 3.63) is 0 Å². The SMILES string of the molecule is O=C=NCCCCCCCCCCCCCCCCCCCCCCCCCCCCCCCCCCCCCS. The highest BCUT2D eigenvalue weighted by Crippen LogP contribution is 2.17. The van der Waals surface area contributed by atoms with Gasteiger partial charge in [-0.25, -0.2) is 9.79 Å². The molecule has 0 aliphatic carbocycles. The van der Waals surface area contributed by atoms with E-state index in [4.69, 9.17) is 0 Å². The summed E-state index contributed by atoms with van der Waals surface area (Å²) in [5.74, 6) is 1.06. The van der Waals surface area contributed by atoms with Crippen molar-refractivity contribution in [1.29, 1.82) is 0 Å². The summed E-state index contributed by atoms with van der Waals surface area (Å²) < 4.78 is 0. The molecular weight excluding hydrogens is 518 g/mol. The Hall–Kier alpha value is -0.270. The molecule has 244 valence electrons. The van der Waals surface area contributed by atoms with E-state index in [0.29, 0.717) is 6.54 Å². The van der Waals surface area contributed by atoms with E-state index in [1.807, 2.05) is 0 Å². The number of rotatable bonds is 37. The van der Waals surface area contributed by atoms with Gasteiger partial charge in [-0.05, 0) is 18.6 Å². The molecule has 0 spiro atoms. The van der Waals surface area contributed by atoms with Crippen molar-refractivity contribution in [2.24, 2.45) is 4.99 Å². The summed E-state index contributed by atoms with van der Waals surface area (Å²) >= 11 is 4.29. The first-order valence-corrected chi connectivity index (χ1v) is 19.7. The topological polar surface area (TPSA) is 29.4 Å². The first-order chi connectivity index (χ1) is 20.4. The van der Waals surface area contributed by atoms with Crippen LogP contribution in [0.15, 0.2) is 4.99 Å². The first kappa shape index (κ1) is 40.7. The molecule has 2 nitrogen and oxygen atoms in total.